The molecule has 6 heteroatoms. The van der Waals surface area contributed by atoms with Gasteiger partial charge in [0, 0.05) is 24.8 Å². The number of ketones is 1. The summed E-state index contributed by atoms with van der Waals surface area (Å²) >= 11 is 3.06. The molecule has 0 atom stereocenters. The monoisotopic (exact) mass is 315 g/mol. The molecule has 0 fully saturated rings. The van der Waals surface area contributed by atoms with Gasteiger partial charge in [-0.15, -0.1) is 0 Å². The highest BCUT2D eigenvalue weighted by molar-refractivity contribution is 9.10. The summed E-state index contributed by atoms with van der Waals surface area (Å²) in [6.45, 7) is 0. The number of Topliss-reactive ketones (excluding diaryl/α,β-unsaturated/α-hetero) is 1. The summed E-state index contributed by atoms with van der Waals surface area (Å²) in [6.07, 6.45) is 1.14. The van der Waals surface area contributed by atoms with Crippen LogP contribution in [0, 0.1) is 5.82 Å². The first-order valence-corrected chi connectivity index (χ1v) is 5.73. The van der Waals surface area contributed by atoms with Crippen molar-refractivity contribution < 1.29 is 19.1 Å². The van der Waals surface area contributed by atoms with Crippen LogP contribution in [-0.4, -0.2) is 35.9 Å². The number of hydrogen-bond donors (Lipinski definition) is 1. The molecule has 0 aliphatic carbocycles. The highest BCUT2D eigenvalue weighted by Gasteiger charge is 2.22. The van der Waals surface area contributed by atoms with Crippen LogP contribution in [0.4, 0.5) is 4.39 Å². The van der Waals surface area contributed by atoms with Gasteiger partial charge in [-0.1, -0.05) is 15.9 Å². The molecule has 0 aromatic heterocycles. The minimum atomic E-state index is -1.39. The van der Waals surface area contributed by atoms with Crippen LogP contribution in [0.1, 0.15) is 10.4 Å². The van der Waals surface area contributed by atoms with Crippen LogP contribution in [0.25, 0.3) is 0 Å². The summed E-state index contributed by atoms with van der Waals surface area (Å²) in [4.78, 5) is 24.3. The Morgan fingerprint density at radius 1 is 1.39 bits per heavy atom. The van der Waals surface area contributed by atoms with Gasteiger partial charge >= 0.3 is 5.97 Å². The number of hydrogen-bond acceptors (Lipinski definition) is 3. The van der Waals surface area contributed by atoms with Gasteiger partial charge in [-0.25, -0.2) is 9.18 Å². The third kappa shape index (κ3) is 3.40. The number of carboxylic acid groups (broad SMARTS) is 1. The van der Waals surface area contributed by atoms with Crippen molar-refractivity contribution in [3.05, 3.63) is 45.8 Å². The second-order valence-electron chi connectivity index (χ2n) is 3.76. The smallest absolute Gasteiger partial charge is 0.341 e. The van der Waals surface area contributed by atoms with E-state index in [1.54, 1.807) is 14.1 Å². The second-order valence-corrected chi connectivity index (χ2v) is 4.68. The molecule has 0 saturated heterocycles. The minimum Gasteiger partial charge on any atom is -0.477 e. The van der Waals surface area contributed by atoms with Crippen LogP contribution in [-0.2, 0) is 4.79 Å². The van der Waals surface area contributed by atoms with Crippen molar-refractivity contribution >= 4 is 27.7 Å². The standard InChI is InChI=1S/C12H11BrFNO3/c1-15(2)6-9(12(17)18)11(16)8-4-3-7(13)5-10(8)14/h3-6H,1-2H3,(H,17,18). The molecule has 0 radical (unpaired) electrons. The topological polar surface area (TPSA) is 57.6 Å². The van der Waals surface area contributed by atoms with E-state index in [1.807, 2.05) is 0 Å². The number of aliphatic carboxylic acids is 1. The first kappa shape index (κ1) is 14.4. The second kappa shape index (κ2) is 5.77. The first-order valence-electron chi connectivity index (χ1n) is 4.94. The van der Waals surface area contributed by atoms with Gasteiger partial charge in [-0.3, -0.25) is 4.79 Å². The molecule has 0 unspecified atom stereocenters. The zero-order chi connectivity index (χ0) is 13.9. The van der Waals surface area contributed by atoms with E-state index in [-0.39, 0.29) is 5.56 Å². The quantitative estimate of drug-likeness (QED) is 0.401. The lowest BCUT2D eigenvalue weighted by molar-refractivity contribution is -0.132. The molecule has 0 aliphatic rings. The van der Waals surface area contributed by atoms with Crippen molar-refractivity contribution in [3.8, 4) is 0 Å². The predicted octanol–water partition coefficient (Wildman–Crippen LogP) is 2.30. The molecule has 1 rings (SSSR count). The van der Waals surface area contributed by atoms with Gasteiger partial charge in [0.05, 0.1) is 5.56 Å². The Balaban J connectivity index is 3.23. The molecular formula is C12H11BrFNO3. The molecule has 4 nitrogen and oxygen atoms in total. The number of rotatable bonds is 4. The van der Waals surface area contributed by atoms with E-state index in [0.717, 1.165) is 12.3 Å². The molecule has 0 saturated carbocycles. The largest absolute Gasteiger partial charge is 0.477 e. The van der Waals surface area contributed by atoms with Gasteiger partial charge in [0.2, 0.25) is 5.78 Å². The van der Waals surface area contributed by atoms with Crippen molar-refractivity contribution in [1.82, 2.24) is 4.90 Å². The number of halogens is 2. The summed E-state index contributed by atoms with van der Waals surface area (Å²) in [7, 11) is 3.16. The van der Waals surface area contributed by atoms with Crippen molar-refractivity contribution in [3.63, 3.8) is 0 Å². The van der Waals surface area contributed by atoms with E-state index < -0.39 is 23.1 Å². The Morgan fingerprint density at radius 2 is 2.00 bits per heavy atom. The summed E-state index contributed by atoms with van der Waals surface area (Å²) in [5, 5.41) is 8.95. The maximum Gasteiger partial charge on any atom is 0.341 e. The molecule has 0 amide bonds. The summed E-state index contributed by atoms with van der Waals surface area (Å²) in [6, 6.07) is 3.84. The van der Waals surface area contributed by atoms with Crippen LogP contribution in [0.2, 0.25) is 0 Å². The van der Waals surface area contributed by atoms with Crippen LogP contribution in [0.3, 0.4) is 0 Å². The SMILES string of the molecule is CN(C)C=C(C(=O)O)C(=O)c1ccc(Br)cc1F. The highest BCUT2D eigenvalue weighted by atomic mass is 79.9. The van der Waals surface area contributed by atoms with Gasteiger partial charge in [0.1, 0.15) is 11.4 Å². The normalized spacial score (nSPS) is 11.2. The number of carbonyl (C=O) groups excluding carboxylic acids is 1. The lowest BCUT2D eigenvalue weighted by Crippen LogP contribution is -2.17. The molecule has 1 aromatic carbocycles. The zero-order valence-corrected chi connectivity index (χ0v) is 11.4. The van der Waals surface area contributed by atoms with Gasteiger partial charge in [-0.05, 0) is 18.2 Å². The van der Waals surface area contributed by atoms with Gasteiger partial charge in [0.15, 0.2) is 0 Å². The molecule has 0 spiro atoms. The summed E-state index contributed by atoms with van der Waals surface area (Å²) in [5.41, 5.74) is -0.755. The lowest BCUT2D eigenvalue weighted by Gasteiger charge is -2.08. The fourth-order valence-corrected chi connectivity index (χ4v) is 1.62. The molecule has 96 valence electrons. The number of benzene rings is 1. The van der Waals surface area contributed by atoms with Gasteiger partial charge in [0.25, 0.3) is 0 Å². The summed E-state index contributed by atoms with van der Waals surface area (Å²) < 4.78 is 14.1. The van der Waals surface area contributed by atoms with Crippen molar-refractivity contribution in [2.75, 3.05) is 14.1 Å². The Hall–Kier alpha value is -1.69. The number of carboxylic acids is 1. The van der Waals surface area contributed by atoms with E-state index in [1.165, 1.54) is 17.0 Å². The maximum atomic E-state index is 13.6. The Labute approximate surface area is 112 Å². The molecule has 1 aromatic rings. The fourth-order valence-electron chi connectivity index (χ4n) is 1.29. The van der Waals surface area contributed by atoms with E-state index in [9.17, 15) is 14.0 Å². The van der Waals surface area contributed by atoms with Crippen molar-refractivity contribution in [2.24, 2.45) is 0 Å². The molecule has 0 bridgehead atoms. The van der Waals surface area contributed by atoms with Crippen LogP contribution < -0.4 is 0 Å². The first-order chi connectivity index (χ1) is 8.32. The third-order valence-corrected chi connectivity index (χ3v) is 2.53. The van der Waals surface area contributed by atoms with Crippen LogP contribution in [0.5, 0.6) is 0 Å². The van der Waals surface area contributed by atoms with E-state index in [0.29, 0.717) is 4.47 Å². The molecule has 1 N–H and O–H groups in total. The van der Waals surface area contributed by atoms with Crippen LogP contribution >= 0.6 is 15.9 Å². The maximum absolute atomic E-state index is 13.6. The predicted molar refractivity (Wildman–Crippen MR) is 67.8 cm³/mol. The van der Waals surface area contributed by atoms with E-state index in [2.05, 4.69) is 15.9 Å². The molecule has 18 heavy (non-hydrogen) atoms. The average molecular weight is 316 g/mol. The van der Waals surface area contributed by atoms with Crippen LogP contribution in [0.15, 0.2) is 34.4 Å². The summed E-state index contributed by atoms with van der Waals surface area (Å²) in [5.74, 6) is -3.02. The van der Waals surface area contributed by atoms with Gasteiger partial charge in [-0.2, -0.15) is 0 Å². The molecule has 0 heterocycles. The Morgan fingerprint density at radius 3 is 2.44 bits per heavy atom. The van der Waals surface area contributed by atoms with E-state index >= 15 is 0 Å². The minimum absolute atomic E-state index is 0.270. The fraction of sp³-hybridized carbons (Fsp3) is 0.167. The zero-order valence-electron chi connectivity index (χ0n) is 9.78. The number of carbonyl (C=O) groups is 2. The Bertz CT molecular complexity index is 526. The number of nitrogens with zero attached hydrogens (tertiary/aromatic N) is 1. The highest BCUT2D eigenvalue weighted by Crippen LogP contribution is 2.18. The third-order valence-electron chi connectivity index (χ3n) is 2.04. The lowest BCUT2D eigenvalue weighted by atomic mass is 10.0. The Kier molecular flexibility index (Phi) is 4.61. The van der Waals surface area contributed by atoms with E-state index in [4.69, 9.17) is 5.11 Å². The average Bonchev–Trinajstić information content (AvgIpc) is 2.24. The van der Waals surface area contributed by atoms with Crippen molar-refractivity contribution in [1.29, 1.82) is 0 Å². The van der Waals surface area contributed by atoms with Crippen molar-refractivity contribution in [2.45, 2.75) is 0 Å². The molecular weight excluding hydrogens is 305 g/mol. The van der Waals surface area contributed by atoms with Gasteiger partial charge < -0.3 is 10.0 Å². The molecule has 0 aliphatic heterocycles.